The van der Waals surface area contributed by atoms with E-state index in [1.54, 1.807) is 0 Å². The molecule has 0 spiro atoms. The van der Waals surface area contributed by atoms with E-state index in [2.05, 4.69) is 4.74 Å². The van der Waals surface area contributed by atoms with E-state index in [0.717, 1.165) is 29.6 Å². The van der Waals surface area contributed by atoms with E-state index in [1.807, 2.05) is 0 Å². The van der Waals surface area contributed by atoms with Crippen LogP contribution in [0, 0.1) is 10.1 Å². The van der Waals surface area contributed by atoms with E-state index in [-0.39, 0.29) is 5.56 Å². The molecule has 0 aliphatic carbocycles. The van der Waals surface area contributed by atoms with Gasteiger partial charge in [0.2, 0.25) is 10.0 Å². The smallest absolute Gasteiger partial charge is 0.339 e. The Morgan fingerprint density at radius 3 is 2.37 bits per heavy atom. The summed E-state index contributed by atoms with van der Waals surface area (Å²) in [6, 6.07) is 2.93. The maximum absolute atomic E-state index is 12.0. The van der Waals surface area contributed by atoms with Crippen molar-refractivity contribution in [1.29, 1.82) is 0 Å². The second kappa shape index (κ2) is 5.33. The van der Waals surface area contributed by atoms with Crippen molar-refractivity contribution >= 4 is 21.7 Å². The van der Waals surface area contributed by atoms with Gasteiger partial charge in [-0.3, -0.25) is 10.1 Å². The quantitative estimate of drug-likeness (QED) is 0.457. The molecule has 19 heavy (non-hydrogen) atoms. The molecule has 1 aromatic carbocycles. The van der Waals surface area contributed by atoms with Crippen molar-refractivity contribution in [3.05, 3.63) is 33.9 Å². The summed E-state index contributed by atoms with van der Waals surface area (Å²) >= 11 is 0. The van der Waals surface area contributed by atoms with Crippen LogP contribution in [0.3, 0.4) is 0 Å². The molecule has 0 amide bonds. The Bertz CT molecular complexity index is 623. The van der Waals surface area contributed by atoms with E-state index in [1.165, 1.54) is 14.1 Å². The number of rotatable bonds is 4. The number of nitro benzene ring substituents is 1. The maximum Gasteiger partial charge on any atom is 0.339 e. The summed E-state index contributed by atoms with van der Waals surface area (Å²) in [6.07, 6.45) is 0. The minimum absolute atomic E-state index is 0.248. The number of carbonyl (C=O) groups excluding carboxylic acids is 1. The van der Waals surface area contributed by atoms with Crippen LogP contribution >= 0.6 is 0 Å². The molecule has 0 aliphatic heterocycles. The fraction of sp³-hybridized carbons (Fsp3) is 0.300. The van der Waals surface area contributed by atoms with Crippen LogP contribution in [-0.4, -0.2) is 44.8 Å². The normalized spacial score (nSPS) is 11.4. The lowest BCUT2D eigenvalue weighted by molar-refractivity contribution is -0.385. The van der Waals surface area contributed by atoms with Crippen molar-refractivity contribution in [3.8, 4) is 0 Å². The second-order valence-corrected chi connectivity index (χ2v) is 5.84. The van der Waals surface area contributed by atoms with Crippen LogP contribution in [0.25, 0.3) is 0 Å². The average Bonchev–Trinajstić information content (AvgIpc) is 2.36. The zero-order chi connectivity index (χ0) is 14.8. The van der Waals surface area contributed by atoms with E-state index in [9.17, 15) is 23.3 Å². The fourth-order valence-electron chi connectivity index (χ4n) is 1.31. The zero-order valence-electron chi connectivity index (χ0n) is 10.5. The van der Waals surface area contributed by atoms with Gasteiger partial charge in [-0.25, -0.2) is 17.5 Å². The third kappa shape index (κ3) is 2.88. The number of benzene rings is 1. The third-order valence-electron chi connectivity index (χ3n) is 2.34. The van der Waals surface area contributed by atoms with Gasteiger partial charge in [-0.15, -0.1) is 0 Å². The molecule has 104 valence electrons. The van der Waals surface area contributed by atoms with Crippen LogP contribution in [0.4, 0.5) is 5.69 Å². The van der Waals surface area contributed by atoms with Crippen molar-refractivity contribution in [2.45, 2.75) is 4.90 Å². The first-order chi connectivity index (χ1) is 8.71. The predicted octanol–water partition coefficient (Wildman–Crippen LogP) is 0.632. The first kappa shape index (κ1) is 15.1. The molecule has 0 radical (unpaired) electrons. The molecule has 1 aromatic rings. The molecule has 0 fully saturated rings. The van der Waals surface area contributed by atoms with Crippen molar-refractivity contribution in [2.24, 2.45) is 0 Å². The Morgan fingerprint density at radius 1 is 1.37 bits per heavy atom. The lowest BCUT2D eigenvalue weighted by Gasteiger charge is -2.13. The highest BCUT2D eigenvalue weighted by molar-refractivity contribution is 7.89. The monoisotopic (exact) mass is 288 g/mol. The summed E-state index contributed by atoms with van der Waals surface area (Å²) in [5, 5.41) is 10.7. The number of non-ortho nitro benzene ring substituents is 1. The standard InChI is InChI=1S/C10H12N2O6S/c1-11(2)19(16,17)9-6-7(12(14)15)4-5-8(9)10(13)18-3/h4-6H,1-3H3. The van der Waals surface area contributed by atoms with Crippen LogP contribution in [-0.2, 0) is 14.8 Å². The number of nitrogens with zero attached hydrogens (tertiary/aromatic N) is 2. The lowest BCUT2D eigenvalue weighted by atomic mass is 10.2. The van der Waals surface area contributed by atoms with E-state index < -0.39 is 31.5 Å². The molecule has 0 saturated carbocycles. The van der Waals surface area contributed by atoms with Crippen LogP contribution in [0.5, 0.6) is 0 Å². The summed E-state index contributed by atoms with van der Waals surface area (Å²) in [4.78, 5) is 21.0. The minimum Gasteiger partial charge on any atom is -0.465 e. The van der Waals surface area contributed by atoms with E-state index in [4.69, 9.17) is 0 Å². The molecule has 0 atom stereocenters. The highest BCUT2D eigenvalue weighted by Crippen LogP contribution is 2.24. The number of methoxy groups -OCH3 is 1. The van der Waals surface area contributed by atoms with Crippen molar-refractivity contribution in [3.63, 3.8) is 0 Å². The molecule has 0 N–H and O–H groups in total. The summed E-state index contributed by atoms with van der Waals surface area (Å²) in [5.74, 6) is -0.879. The molecule has 1 rings (SSSR count). The van der Waals surface area contributed by atoms with Gasteiger partial charge in [-0.05, 0) is 6.07 Å². The van der Waals surface area contributed by atoms with Crippen LogP contribution in [0.1, 0.15) is 10.4 Å². The minimum atomic E-state index is -3.99. The fourth-order valence-corrected chi connectivity index (χ4v) is 2.41. The number of nitro groups is 1. The summed E-state index contributed by atoms with van der Waals surface area (Å²) < 4.78 is 29.4. The SMILES string of the molecule is COC(=O)c1ccc([N+](=O)[O-])cc1S(=O)(=O)N(C)C. The van der Waals surface area contributed by atoms with Crippen LogP contribution < -0.4 is 0 Å². The molecule has 0 heterocycles. The molecule has 0 bridgehead atoms. The Kier molecular flexibility index (Phi) is 4.22. The number of esters is 1. The van der Waals surface area contributed by atoms with Gasteiger partial charge in [0.15, 0.2) is 0 Å². The number of hydrogen-bond donors (Lipinski definition) is 0. The predicted molar refractivity (Wildman–Crippen MR) is 65.3 cm³/mol. The first-order valence-electron chi connectivity index (χ1n) is 5.01. The Hall–Kier alpha value is -2.00. The van der Waals surface area contributed by atoms with Crippen LogP contribution in [0.15, 0.2) is 23.1 Å². The van der Waals surface area contributed by atoms with Crippen molar-refractivity contribution < 1.29 is 22.9 Å². The van der Waals surface area contributed by atoms with Gasteiger partial charge < -0.3 is 4.74 Å². The highest BCUT2D eigenvalue weighted by atomic mass is 32.2. The van der Waals surface area contributed by atoms with Crippen molar-refractivity contribution in [2.75, 3.05) is 21.2 Å². The molecule has 9 heteroatoms. The topological polar surface area (TPSA) is 107 Å². The summed E-state index contributed by atoms with van der Waals surface area (Å²) in [5.41, 5.74) is -0.671. The maximum atomic E-state index is 12.0. The molecule has 0 aliphatic rings. The van der Waals surface area contributed by atoms with Gasteiger partial charge in [0, 0.05) is 26.2 Å². The zero-order valence-corrected chi connectivity index (χ0v) is 11.3. The molecular formula is C10H12N2O6S. The lowest BCUT2D eigenvalue weighted by Crippen LogP contribution is -2.24. The first-order valence-corrected chi connectivity index (χ1v) is 6.45. The summed E-state index contributed by atoms with van der Waals surface area (Å²) in [6.45, 7) is 0. The van der Waals surface area contributed by atoms with E-state index in [0.29, 0.717) is 0 Å². The number of carbonyl (C=O) groups is 1. The van der Waals surface area contributed by atoms with Crippen molar-refractivity contribution in [1.82, 2.24) is 4.31 Å². The Balaban J connectivity index is 3.61. The third-order valence-corrected chi connectivity index (χ3v) is 4.19. The Morgan fingerprint density at radius 2 is 1.95 bits per heavy atom. The van der Waals surface area contributed by atoms with Crippen LogP contribution in [0.2, 0.25) is 0 Å². The number of hydrogen-bond acceptors (Lipinski definition) is 6. The molecule has 8 nitrogen and oxygen atoms in total. The molecule has 0 saturated heterocycles. The van der Waals surface area contributed by atoms with Gasteiger partial charge in [0.25, 0.3) is 5.69 Å². The number of ether oxygens (including phenoxy) is 1. The average molecular weight is 288 g/mol. The van der Waals surface area contributed by atoms with Gasteiger partial charge >= 0.3 is 5.97 Å². The van der Waals surface area contributed by atoms with E-state index >= 15 is 0 Å². The van der Waals surface area contributed by atoms with Gasteiger partial charge in [0.1, 0.15) is 4.90 Å². The molecule has 0 unspecified atom stereocenters. The summed E-state index contributed by atoms with van der Waals surface area (Å²) in [7, 11) is -0.379. The Labute approximate surface area is 109 Å². The molecular weight excluding hydrogens is 276 g/mol. The van der Waals surface area contributed by atoms with Gasteiger partial charge in [0.05, 0.1) is 17.6 Å². The highest BCUT2D eigenvalue weighted by Gasteiger charge is 2.27. The molecule has 0 aromatic heterocycles. The second-order valence-electron chi connectivity index (χ2n) is 3.72. The largest absolute Gasteiger partial charge is 0.465 e. The van der Waals surface area contributed by atoms with Gasteiger partial charge in [-0.1, -0.05) is 0 Å². The van der Waals surface area contributed by atoms with Gasteiger partial charge in [-0.2, -0.15) is 0 Å². The number of sulfonamides is 1.